The van der Waals surface area contributed by atoms with E-state index in [0.717, 1.165) is 30.0 Å². The van der Waals surface area contributed by atoms with Crippen molar-refractivity contribution in [3.05, 3.63) is 102 Å². The number of amides is 1. The summed E-state index contributed by atoms with van der Waals surface area (Å²) in [4.78, 5) is 21.3. The van der Waals surface area contributed by atoms with Crippen LogP contribution in [-0.4, -0.2) is 47.2 Å². The molecule has 0 saturated heterocycles. The fraction of sp³-hybridized carbons (Fsp3) is 0.556. The van der Waals surface area contributed by atoms with Gasteiger partial charge in [0.1, 0.15) is 12.4 Å². The van der Waals surface area contributed by atoms with E-state index >= 15 is 0 Å². The van der Waals surface area contributed by atoms with Gasteiger partial charge in [-0.3, -0.25) is 14.7 Å². The first-order valence-corrected chi connectivity index (χ1v) is 21.5. The van der Waals surface area contributed by atoms with Gasteiger partial charge in [-0.2, -0.15) is 0 Å². The molecule has 0 bridgehead atoms. The van der Waals surface area contributed by atoms with E-state index in [2.05, 4.69) is 75.4 Å². The number of ether oxygens (including phenoxy) is 1. The Morgan fingerprint density at radius 2 is 1.26 bits per heavy atom. The molecule has 0 spiro atoms. The van der Waals surface area contributed by atoms with Gasteiger partial charge in [0.15, 0.2) is 0 Å². The lowest BCUT2D eigenvalue weighted by molar-refractivity contribution is -0.135. The van der Waals surface area contributed by atoms with Crippen LogP contribution in [0.3, 0.4) is 0 Å². The van der Waals surface area contributed by atoms with Crippen LogP contribution in [0.15, 0.2) is 96.0 Å². The van der Waals surface area contributed by atoms with Crippen molar-refractivity contribution < 1.29 is 9.53 Å². The number of aliphatic imine (C=N–C) groups is 1. The molecule has 3 atom stereocenters. The second-order valence-corrected chi connectivity index (χ2v) is 17.7. The van der Waals surface area contributed by atoms with Gasteiger partial charge in [-0.25, -0.2) is 0 Å². The number of amidine groups is 1. The molecule has 270 valence electrons. The number of hydrogen-bond acceptors (Lipinski definition) is 3. The van der Waals surface area contributed by atoms with Crippen molar-refractivity contribution in [2.75, 3.05) is 13.2 Å². The van der Waals surface area contributed by atoms with Crippen LogP contribution < -0.4 is 5.30 Å². The van der Waals surface area contributed by atoms with Gasteiger partial charge >= 0.3 is 0 Å². The molecule has 4 aliphatic rings. The topological polar surface area (TPSA) is 41.9 Å². The molecule has 3 aromatic carbocycles. The smallest absolute Gasteiger partial charge is 0.254 e. The van der Waals surface area contributed by atoms with Crippen LogP contribution >= 0.6 is 7.92 Å². The minimum Gasteiger partial charge on any atom is -0.368 e. The molecule has 0 radical (unpaired) electrons. The van der Waals surface area contributed by atoms with Crippen molar-refractivity contribution in [1.29, 1.82) is 0 Å². The Hall–Kier alpha value is -2.81. The van der Waals surface area contributed by atoms with Crippen molar-refractivity contribution in [3.63, 3.8) is 0 Å². The SMILES string of the molecule is CCC.C[C@@H]1CCC[C@H](OCC(=O)N2C[C@@H](c3ccccc3)N=C2c2ccccc2P(C2CCCCC2)C2CCCCC2)C1.c1ccccc1. The van der Waals surface area contributed by atoms with Crippen molar-refractivity contribution >= 4 is 25.0 Å². The van der Waals surface area contributed by atoms with Crippen LogP contribution in [-0.2, 0) is 9.53 Å². The third-order valence-electron chi connectivity index (χ3n) is 10.7. The highest BCUT2D eigenvalue weighted by Crippen LogP contribution is 2.55. The Morgan fingerprint density at radius 1 is 0.720 bits per heavy atom. The van der Waals surface area contributed by atoms with Gasteiger partial charge < -0.3 is 4.74 Å². The Kier molecular flexibility index (Phi) is 16.1. The molecule has 4 nitrogen and oxygen atoms in total. The lowest BCUT2D eigenvalue weighted by atomic mass is 9.89. The van der Waals surface area contributed by atoms with Gasteiger partial charge in [-0.1, -0.05) is 177 Å². The van der Waals surface area contributed by atoms with Gasteiger partial charge in [0, 0.05) is 5.56 Å². The second-order valence-electron chi connectivity index (χ2n) is 15.0. The summed E-state index contributed by atoms with van der Waals surface area (Å²) >= 11 is 0. The van der Waals surface area contributed by atoms with Crippen molar-refractivity contribution in [2.24, 2.45) is 10.9 Å². The summed E-state index contributed by atoms with van der Waals surface area (Å²) in [5.74, 6) is 1.63. The summed E-state index contributed by atoms with van der Waals surface area (Å²) in [6.45, 7) is 7.31. The number of nitrogens with zero attached hydrogens (tertiary/aromatic N) is 2. The van der Waals surface area contributed by atoms with Crippen LogP contribution in [0.25, 0.3) is 0 Å². The van der Waals surface area contributed by atoms with Crippen LogP contribution in [0, 0.1) is 5.92 Å². The molecular weight excluding hydrogens is 631 g/mol. The van der Waals surface area contributed by atoms with Gasteiger partial charge in [0.05, 0.1) is 18.7 Å². The molecule has 5 heteroatoms. The first-order valence-electron chi connectivity index (χ1n) is 20.0. The molecule has 0 unspecified atom stereocenters. The molecule has 1 aliphatic heterocycles. The summed E-state index contributed by atoms with van der Waals surface area (Å²) in [5.41, 5.74) is 4.00. The van der Waals surface area contributed by atoms with Crippen molar-refractivity contribution in [3.8, 4) is 0 Å². The first kappa shape index (κ1) is 38.4. The molecule has 3 aliphatic carbocycles. The summed E-state index contributed by atoms with van der Waals surface area (Å²) < 4.78 is 6.28. The maximum atomic E-state index is 13.9. The van der Waals surface area contributed by atoms with E-state index in [0.29, 0.717) is 12.5 Å². The molecule has 1 amide bonds. The molecule has 3 fully saturated rings. The van der Waals surface area contributed by atoms with Gasteiger partial charge in [0.2, 0.25) is 0 Å². The third-order valence-corrected chi connectivity index (χ3v) is 14.3. The predicted molar refractivity (Wildman–Crippen MR) is 214 cm³/mol. The summed E-state index contributed by atoms with van der Waals surface area (Å²) in [5, 5.41) is 1.51. The average molecular weight is 695 g/mol. The van der Waals surface area contributed by atoms with E-state index in [1.54, 1.807) is 0 Å². The van der Waals surface area contributed by atoms with Crippen molar-refractivity contribution in [2.45, 2.75) is 141 Å². The predicted octanol–water partition coefficient (Wildman–Crippen LogP) is 11.5. The molecule has 3 saturated carbocycles. The van der Waals surface area contributed by atoms with Crippen molar-refractivity contribution in [1.82, 2.24) is 4.90 Å². The zero-order chi connectivity index (χ0) is 35.0. The molecule has 0 aromatic heterocycles. The Morgan fingerprint density at radius 3 is 1.84 bits per heavy atom. The van der Waals surface area contributed by atoms with Gasteiger partial charge in [-0.05, 0) is 66.6 Å². The molecule has 50 heavy (non-hydrogen) atoms. The summed E-state index contributed by atoms with van der Waals surface area (Å²) in [6, 6.07) is 31.6. The van der Waals surface area contributed by atoms with Gasteiger partial charge in [-0.15, -0.1) is 0 Å². The van der Waals surface area contributed by atoms with E-state index in [-0.39, 0.29) is 32.6 Å². The largest absolute Gasteiger partial charge is 0.368 e. The lowest BCUT2D eigenvalue weighted by Gasteiger charge is -2.39. The number of rotatable bonds is 8. The Bertz CT molecular complexity index is 1370. The van der Waals surface area contributed by atoms with E-state index in [9.17, 15) is 4.79 Å². The van der Waals surface area contributed by atoms with E-state index in [4.69, 9.17) is 9.73 Å². The zero-order valence-corrected chi connectivity index (χ0v) is 32.1. The average Bonchev–Trinajstić information content (AvgIpc) is 3.63. The van der Waals surface area contributed by atoms with Crippen LogP contribution in [0.1, 0.15) is 134 Å². The molecule has 1 heterocycles. The highest BCUT2D eigenvalue weighted by molar-refractivity contribution is 7.67. The first-order chi connectivity index (χ1) is 24.6. The number of benzene rings is 3. The normalized spacial score (nSPS) is 22.9. The highest BCUT2D eigenvalue weighted by atomic mass is 31.1. The summed E-state index contributed by atoms with van der Waals surface area (Å²) in [7, 11) is -0.309. The second kappa shape index (κ2) is 20.9. The van der Waals surface area contributed by atoms with Crippen LogP contribution in [0.2, 0.25) is 0 Å². The van der Waals surface area contributed by atoms with E-state index in [1.165, 1.54) is 99.9 Å². The van der Waals surface area contributed by atoms with Crippen LogP contribution in [0.4, 0.5) is 0 Å². The van der Waals surface area contributed by atoms with Gasteiger partial charge in [0.25, 0.3) is 5.91 Å². The molecule has 0 N–H and O–H groups in total. The van der Waals surface area contributed by atoms with Crippen LogP contribution in [0.5, 0.6) is 0 Å². The molecular formula is C45H63N2O2P. The molecule has 7 rings (SSSR count). The highest BCUT2D eigenvalue weighted by Gasteiger charge is 2.38. The minimum atomic E-state index is -0.309. The Balaban J connectivity index is 0.000000476. The van der Waals surface area contributed by atoms with E-state index < -0.39 is 0 Å². The minimum absolute atomic E-state index is 0.0338. The third kappa shape index (κ3) is 11.1. The maximum Gasteiger partial charge on any atom is 0.254 e. The lowest BCUT2D eigenvalue weighted by Crippen LogP contribution is -2.41. The maximum absolute atomic E-state index is 13.9. The zero-order valence-electron chi connectivity index (χ0n) is 31.2. The number of hydrogen-bond donors (Lipinski definition) is 0. The monoisotopic (exact) mass is 694 g/mol. The fourth-order valence-corrected chi connectivity index (χ4v) is 12.2. The number of carbonyl (C=O) groups is 1. The van der Waals surface area contributed by atoms with E-state index in [1.807, 2.05) is 41.3 Å². The molecule has 3 aromatic rings. The summed E-state index contributed by atoms with van der Waals surface area (Å²) in [6.07, 6.45) is 19.8. The fourth-order valence-electron chi connectivity index (χ4n) is 8.29. The number of carbonyl (C=O) groups excluding carboxylic acids is 1. The Labute approximate surface area is 305 Å². The standard InChI is InChI=1S/C36H49N2O2P.C6H6.C3H8/c1-27-14-13-17-29(24-27)40-26-35(39)38-25-33(28-15-5-2-6-16-28)37-36(38)32-22-11-12-23-34(32)41(30-18-7-3-8-19-30)31-20-9-4-10-21-31;1-2-4-6-5-3-1;1-3-2/h2,5-6,11-12,15-16,22-23,27,29-31,33H,3-4,7-10,13-14,17-21,24-26H2,1H3;1-6H;3H2,1-2H3/t27-,29+,33+;;/m1../s1. The quantitative estimate of drug-likeness (QED) is 0.220.